The maximum atomic E-state index is 5.31. The second kappa shape index (κ2) is 6.70. The van der Waals surface area contributed by atoms with Gasteiger partial charge < -0.3 is 14.5 Å². The van der Waals surface area contributed by atoms with E-state index in [2.05, 4.69) is 36.4 Å². The summed E-state index contributed by atoms with van der Waals surface area (Å²) in [5.74, 6) is 1.86. The Morgan fingerprint density at radius 3 is 2.78 bits per heavy atom. The molecule has 3 aromatic rings. The van der Waals surface area contributed by atoms with E-state index in [1.54, 1.807) is 20.4 Å². The topological polar surface area (TPSA) is 71.5 Å². The number of benzene rings is 2. The van der Waals surface area contributed by atoms with Crippen molar-refractivity contribution in [3.63, 3.8) is 0 Å². The van der Waals surface area contributed by atoms with Crippen LogP contribution in [0.5, 0.6) is 11.5 Å². The molecule has 1 aromatic heterocycles. The van der Waals surface area contributed by atoms with Crippen LogP contribution >= 0.6 is 15.9 Å². The number of hydrogen-bond acceptors (Lipinski definition) is 5. The number of aromatic amines is 1. The van der Waals surface area contributed by atoms with E-state index in [9.17, 15) is 0 Å². The highest BCUT2D eigenvalue weighted by Crippen LogP contribution is 2.35. The summed E-state index contributed by atoms with van der Waals surface area (Å²) in [7, 11) is 3.19. The van der Waals surface area contributed by atoms with E-state index in [0.717, 1.165) is 21.1 Å². The summed E-state index contributed by atoms with van der Waals surface area (Å²) in [6.45, 7) is 0. The molecule has 0 unspecified atom stereocenters. The van der Waals surface area contributed by atoms with Crippen molar-refractivity contribution in [3.8, 4) is 11.5 Å². The van der Waals surface area contributed by atoms with Crippen LogP contribution in [0.1, 0.15) is 5.56 Å². The molecule has 0 bridgehead atoms. The number of fused-ring (bicyclic) bond motifs is 1. The molecule has 0 fully saturated rings. The Hall–Kier alpha value is -2.54. The van der Waals surface area contributed by atoms with Gasteiger partial charge in [-0.15, -0.1) is 0 Å². The summed E-state index contributed by atoms with van der Waals surface area (Å²) in [5.41, 5.74) is 5.59. The van der Waals surface area contributed by atoms with Gasteiger partial charge in [-0.25, -0.2) is 10.4 Å². The zero-order chi connectivity index (χ0) is 16.2. The molecule has 0 aliphatic carbocycles. The zero-order valence-electron chi connectivity index (χ0n) is 12.6. The number of anilines is 1. The first-order chi connectivity index (χ1) is 11.2. The summed E-state index contributed by atoms with van der Waals surface area (Å²) < 4.78 is 11.4. The number of halogens is 1. The maximum Gasteiger partial charge on any atom is 0.222 e. The minimum Gasteiger partial charge on any atom is -0.493 e. The number of para-hydroxylation sites is 2. The van der Waals surface area contributed by atoms with Crippen LogP contribution < -0.4 is 14.9 Å². The maximum absolute atomic E-state index is 5.31. The third-order valence-electron chi connectivity index (χ3n) is 3.23. The predicted octanol–water partition coefficient (Wildman–Crippen LogP) is 3.79. The second-order valence-electron chi connectivity index (χ2n) is 4.71. The average molecular weight is 375 g/mol. The SMILES string of the molecule is COc1cc(C=NNc2nc3ccccc3[nH]2)cc(Br)c1OC. The molecule has 0 spiro atoms. The van der Waals surface area contributed by atoms with Crippen LogP contribution in [0.25, 0.3) is 11.0 Å². The van der Waals surface area contributed by atoms with Crippen LogP contribution in [-0.2, 0) is 0 Å². The first-order valence-corrected chi connectivity index (χ1v) is 7.66. The Morgan fingerprint density at radius 2 is 2.04 bits per heavy atom. The van der Waals surface area contributed by atoms with Crippen LogP contribution in [0.15, 0.2) is 46.0 Å². The lowest BCUT2D eigenvalue weighted by Gasteiger charge is -2.10. The molecule has 0 atom stereocenters. The van der Waals surface area contributed by atoms with Crippen molar-refractivity contribution in [2.45, 2.75) is 0 Å². The fourth-order valence-electron chi connectivity index (χ4n) is 2.19. The highest BCUT2D eigenvalue weighted by atomic mass is 79.9. The van der Waals surface area contributed by atoms with Crippen LogP contribution in [0.3, 0.4) is 0 Å². The first-order valence-electron chi connectivity index (χ1n) is 6.86. The van der Waals surface area contributed by atoms with Crippen molar-refractivity contribution < 1.29 is 9.47 Å². The molecule has 0 amide bonds. The Kier molecular flexibility index (Phi) is 4.47. The molecule has 3 rings (SSSR count). The first kappa shape index (κ1) is 15.4. The molecule has 0 aliphatic rings. The number of imidazole rings is 1. The minimum atomic E-state index is 0.585. The standard InChI is InChI=1S/C16H15BrN4O2/c1-22-14-8-10(7-11(17)15(14)23-2)9-18-21-16-19-12-5-3-4-6-13(12)20-16/h3-9H,1-2H3,(H2,19,20,21). The Labute approximate surface area is 141 Å². The molecule has 2 N–H and O–H groups in total. The van der Waals surface area contributed by atoms with Gasteiger partial charge in [-0.3, -0.25) is 0 Å². The molecule has 0 aliphatic heterocycles. The fraction of sp³-hybridized carbons (Fsp3) is 0.125. The van der Waals surface area contributed by atoms with Gasteiger partial charge in [-0.1, -0.05) is 12.1 Å². The molecule has 23 heavy (non-hydrogen) atoms. The van der Waals surface area contributed by atoms with Gasteiger partial charge in [-0.2, -0.15) is 5.10 Å². The summed E-state index contributed by atoms with van der Waals surface area (Å²) in [5, 5.41) is 4.19. The molecule has 6 nitrogen and oxygen atoms in total. The molecule has 7 heteroatoms. The number of hydrogen-bond donors (Lipinski definition) is 2. The lowest BCUT2D eigenvalue weighted by Crippen LogP contribution is -1.95. The highest BCUT2D eigenvalue weighted by molar-refractivity contribution is 9.10. The molecule has 118 valence electrons. The lowest BCUT2D eigenvalue weighted by molar-refractivity contribution is 0.353. The average Bonchev–Trinajstić information content (AvgIpc) is 2.97. The molecule has 0 radical (unpaired) electrons. The number of ether oxygens (including phenoxy) is 2. The zero-order valence-corrected chi connectivity index (χ0v) is 14.2. The van der Waals surface area contributed by atoms with Crippen molar-refractivity contribution in [1.29, 1.82) is 0 Å². The van der Waals surface area contributed by atoms with Crippen molar-refractivity contribution in [2.24, 2.45) is 5.10 Å². The van der Waals surface area contributed by atoms with Gasteiger partial charge in [0.05, 0.1) is 35.9 Å². The number of H-pyrrole nitrogens is 1. The van der Waals surface area contributed by atoms with Crippen molar-refractivity contribution in [1.82, 2.24) is 9.97 Å². The summed E-state index contributed by atoms with van der Waals surface area (Å²) in [6, 6.07) is 11.5. The van der Waals surface area contributed by atoms with Gasteiger partial charge in [0, 0.05) is 0 Å². The minimum absolute atomic E-state index is 0.585. The van der Waals surface area contributed by atoms with Crippen molar-refractivity contribution in [3.05, 3.63) is 46.4 Å². The van der Waals surface area contributed by atoms with E-state index >= 15 is 0 Å². The third-order valence-corrected chi connectivity index (χ3v) is 3.82. The van der Waals surface area contributed by atoms with E-state index in [1.807, 2.05) is 36.4 Å². The third kappa shape index (κ3) is 3.29. The highest BCUT2D eigenvalue weighted by Gasteiger charge is 2.09. The van der Waals surface area contributed by atoms with E-state index in [-0.39, 0.29) is 0 Å². The van der Waals surface area contributed by atoms with E-state index in [4.69, 9.17) is 9.47 Å². The molecular formula is C16H15BrN4O2. The van der Waals surface area contributed by atoms with E-state index in [1.165, 1.54) is 0 Å². The Morgan fingerprint density at radius 1 is 1.22 bits per heavy atom. The van der Waals surface area contributed by atoms with Crippen molar-refractivity contribution >= 4 is 39.1 Å². The smallest absolute Gasteiger partial charge is 0.222 e. The summed E-state index contributed by atoms with van der Waals surface area (Å²) in [6.07, 6.45) is 1.68. The Balaban J connectivity index is 1.78. The fourth-order valence-corrected chi connectivity index (χ4v) is 2.81. The second-order valence-corrected chi connectivity index (χ2v) is 5.57. The lowest BCUT2D eigenvalue weighted by atomic mass is 10.2. The molecule has 1 heterocycles. The molecule has 0 saturated carbocycles. The van der Waals surface area contributed by atoms with Crippen LogP contribution in [0.4, 0.5) is 5.95 Å². The van der Waals surface area contributed by atoms with Crippen LogP contribution in [0.2, 0.25) is 0 Å². The summed E-state index contributed by atoms with van der Waals surface area (Å²) >= 11 is 3.45. The van der Waals surface area contributed by atoms with Gasteiger partial charge in [0.15, 0.2) is 11.5 Å². The van der Waals surface area contributed by atoms with Gasteiger partial charge in [-0.05, 0) is 45.8 Å². The predicted molar refractivity (Wildman–Crippen MR) is 94.6 cm³/mol. The van der Waals surface area contributed by atoms with E-state index < -0.39 is 0 Å². The number of nitrogens with one attached hydrogen (secondary N) is 2. The Bertz CT molecular complexity index is 827. The normalized spacial score (nSPS) is 11.1. The monoisotopic (exact) mass is 374 g/mol. The van der Waals surface area contributed by atoms with Gasteiger partial charge >= 0.3 is 0 Å². The largest absolute Gasteiger partial charge is 0.493 e. The number of rotatable bonds is 5. The number of hydrazone groups is 1. The van der Waals surface area contributed by atoms with Crippen molar-refractivity contribution in [2.75, 3.05) is 19.6 Å². The van der Waals surface area contributed by atoms with Gasteiger partial charge in [0.25, 0.3) is 0 Å². The number of aromatic nitrogens is 2. The quantitative estimate of drug-likeness (QED) is 0.526. The van der Waals surface area contributed by atoms with Gasteiger partial charge in [0.2, 0.25) is 5.95 Å². The molecular weight excluding hydrogens is 360 g/mol. The summed E-state index contributed by atoms with van der Waals surface area (Å²) in [4.78, 5) is 7.53. The molecule has 0 saturated heterocycles. The van der Waals surface area contributed by atoms with E-state index in [0.29, 0.717) is 17.4 Å². The molecule has 2 aromatic carbocycles. The van der Waals surface area contributed by atoms with Crippen LogP contribution in [-0.4, -0.2) is 30.4 Å². The van der Waals surface area contributed by atoms with Gasteiger partial charge in [0.1, 0.15) is 0 Å². The number of nitrogens with zero attached hydrogens (tertiary/aromatic N) is 2. The number of methoxy groups -OCH3 is 2. The van der Waals surface area contributed by atoms with Crippen LogP contribution in [0, 0.1) is 0 Å².